The van der Waals surface area contributed by atoms with Crippen molar-refractivity contribution in [1.29, 1.82) is 0 Å². The number of halogens is 1. The van der Waals surface area contributed by atoms with Crippen molar-refractivity contribution in [2.75, 3.05) is 4.90 Å². The molecule has 2 radical (unpaired) electrons. The predicted molar refractivity (Wildman–Crippen MR) is 119 cm³/mol. The molecule has 1 aliphatic carbocycles. The minimum absolute atomic E-state index is 0.0992. The fourth-order valence-electron chi connectivity index (χ4n) is 5.12. The summed E-state index contributed by atoms with van der Waals surface area (Å²) >= 11 is 1.75. The van der Waals surface area contributed by atoms with Crippen LogP contribution in [0.15, 0.2) is 29.8 Å². The number of rotatable bonds is 3. The predicted octanol–water partition coefficient (Wildman–Crippen LogP) is 8.01. The van der Waals surface area contributed by atoms with Gasteiger partial charge < -0.3 is 4.90 Å². The van der Waals surface area contributed by atoms with Crippen LogP contribution in [-0.4, -0.2) is 5.54 Å². The van der Waals surface area contributed by atoms with Gasteiger partial charge in [0, 0.05) is 16.6 Å². The fourth-order valence-corrected chi connectivity index (χ4v) is 5.12. The first-order chi connectivity index (χ1) is 13.1. The third-order valence-electron chi connectivity index (χ3n) is 6.63. The number of anilines is 1. The Morgan fingerprint density at radius 1 is 1.11 bits per heavy atom. The van der Waals surface area contributed by atoms with Crippen LogP contribution < -0.4 is 4.90 Å². The molecule has 1 saturated heterocycles. The van der Waals surface area contributed by atoms with Crippen LogP contribution in [0, 0.1) is 17.9 Å². The fraction of sp³-hybridized carbons (Fsp3) is 0.640. The van der Waals surface area contributed by atoms with Crippen LogP contribution in [0.4, 0.5) is 5.69 Å². The number of hydrogen-bond donors (Lipinski definition) is 0. The maximum atomic E-state index is 4.58. The average Bonchev–Trinajstić information content (AvgIpc) is 2.91. The van der Waals surface area contributed by atoms with E-state index in [1.165, 1.54) is 36.1 Å². The van der Waals surface area contributed by atoms with Crippen molar-refractivity contribution in [1.82, 2.24) is 0 Å². The molecule has 2 aliphatic rings. The summed E-state index contributed by atoms with van der Waals surface area (Å²) < 4.78 is 0. The summed E-state index contributed by atoms with van der Waals surface area (Å²) in [7, 11) is 4.58. The monoisotopic (exact) mass is 583 g/mol. The van der Waals surface area contributed by atoms with Gasteiger partial charge in [-0.25, -0.2) is 0 Å². The zero-order chi connectivity index (χ0) is 21.3. The van der Waals surface area contributed by atoms with Gasteiger partial charge in [-0.1, -0.05) is 64.5 Å². The molecule has 0 N–H and O–H groups in total. The molecule has 1 aliphatic heterocycles. The molecule has 0 aromatic heterocycles. The Morgan fingerprint density at radius 3 is 2.11 bits per heavy atom. The van der Waals surface area contributed by atoms with E-state index in [1.54, 1.807) is 25.6 Å². The molecule has 0 saturated carbocycles. The number of hydrogen-bond acceptors (Lipinski definition) is 1. The second-order valence-corrected chi connectivity index (χ2v) is 9.99. The van der Waals surface area contributed by atoms with Crippen molar-refractivity contribution in [2.24, 2.45) is 11.3 Å². The van der Waals surface area contributed by atoms with Crippen LogP contribution in [0.1, 0.15) is 97.6 Å². The van der Waals surface area contributed by atoms with Crippen LogP contribution in [0.5, 0.6) is 0 Å². The van der Waals surface area contributed by atoms with Crippen LogP contribution in [-0.2, 0) is 20.0 Å². The van der Waals surface area contributed by atoms with Gasteiger partial charge >= 0.3 is 29.2 Å². The van der Waals surface area contributed by atoms with Crippen LogP contribution in [0.2, 0.25) is 0 Å². The van der Waals surface area contributed by atoms with E-state index in [2.05, 4.69) is 100 Å². The number of allylic oxidation sites excluding steroid dienone is 2. The second-order valence-electron chi connectivity index (χ2n) is 9.99. The molecule has 1 aromatic rings. The first kappa shape index (κ1) is 24.1. The van der Waals surface area contributed by atoms with Gasteiger partial charge in [-0.2, -0.15) is 0 Å². The molecule has 3 heteroatoms. The van der Waals surface area contributed by atoms with Gasteiger partial charge in [0.15, 0.2) is 0 Å². The molecule has 1 fully saturated rings. The molecule has 2 atom stereocenters. The van der Waals surface area contributed by atoms with Gasteiger partial charge in [-0.3, -0.25) is 0 Å². The first-order valence-corrected chi connectivity index (χ1v) is 13.3. The summed E-state index contributed by atoms with van der Waals surface area (Å²) in [6.45, 7) is 22.8. The first-order valence-electron chi connectivity index (χ1n) is 10.6. The zero-order valence-electron chi connectivity index (χ0n) is 18.8. The Balaban J connectivity index is 0.00000136. The minimum atomic E-state index is 0.0992. The van der Waals surface area contributed by atoms with Gasteiger partial charge in [0.25, 0.3) is 0 Å². The molecular formula is C25H37AuClN. The van der Waals surface area contributed by atoms with Gasteiger partial charge in [0.05, 0.1) is 6.54 Å². The van der Waals surface area contributed by atoms with Gasteiger partial charge in [0.1, 0.15) is 0 Å². The molecule has 1 nitrogen and oxygen atoms in total. The van der Waals surface area contributed by atoms with Gasteiger partial charge in [0.2, 0.25) is 0 Å². The molecular weight excluding hydrogens is 547 g/mol. The Bertz CT molecular complexity index is 680. The van der Waals surface area contributed by atoms with E-state index in [4.69, 9.17) is 0 Å². The summed E-state index contributed by atoms with van der Waals surface area (Å²) in [5.41, 5.74) is 6.18. The molecule has 1 spiro atoms. The van der Waals surface area contributed by atoms with Gasteiger partial charge in [-0.05, 0) is 68.9 Å². The summed E-state index contributed by atoms with van der Waals surface area (Å²) in [6.07, 6.45) is 6.13. The Kier molecular flexibility index (Phi) is 7.99. The standard InChI is InChI=1S/C25H37N.Au.ClH/c1-17(2)21-10-9-11-22(18(3)4)23(21)26-16-25(15-24(26,7)8)13-12-19(5)14-20(25)6;;/h9-11,14,17-18,20H,12-13,15H2,1-8H3;;1H/q;+1;/p-1/t20-,25+;;/m1../s1. The van der Waals surface area contributed by atoms with Crippen molar-refractivity contribution in [3.8, 4) is 0 Å². The average molecular weight is 584 g/mol. The zero-order valence-corrected chi connectivity index (χ0v) is 21.7. The topological polar surface area (TPSA) is 3.24 Å². The maximum absolute atomic E-state index is 4.58. The van der Waals surface area contributed by atoms with Crippen molar-refractivity contribution in [2.45, 2.75) is 92.0 Å². The van der Waals surface area contributed by atoms with E-state index in [0.29, 0.717) is 17.8 Å². The van der Waals surface area contributed by atoms with E-state index in [-0.39, 0.29) is 11.0 Å². The molecule has 1 heterocycles. The summed E-state index contributed by atoms with van der Waals surface area (Å²) in [5, 5.41) is 0. The van der Waals surface area contributed by atoms with Crippen LogP contribution in [0.25, 0.3) is 0 Å². The van der Waals surface area contributed by atoms with Gasteiger partial charge in [-0.15, -0.1) is 0 Å². The molecule has 28 heavy (non-hydrogen) atoms. The van der Waals surface area contributed by atoms with Crippen molar-refractivity contribution < 1.29 is 20.0 Å². The Morgan fingerprint density at radius 2 is 1.64 bits per heavy atom. The third kappa shape index (κ3) is 4.59. The molecule has 0 bridgehead atoms. The molecule has 1 aromatic carbocycles. The van der Waals surface area contributed by atoms with Crippen LogP contribution >= 0.6 is 9.19 Å². The van der Waals surface area contributed by atoms with E-state index >= 15 is 0 Å². The van der Waals surface area contributed by atoms with E-state index in [0.717, 1.165) is 0 Å². The quantitative estimate of drug-likeness (QED) is 0.257. The van der Waals surface area contributed by atoms with Crippen molar-refractivity contribution >= 4 is 14.9 Å². The summed E-state index contributed by atoms with van der Waals surface area (Å²) in [5.74, 6) is 1.60. The Hall–Kier alpha value is -0.210. The van der Waals surface area contributed by atoms with Crippen molar-refractivity contribution in [3.63, 3.8) is 0 Å². The summed E-state index contributed by atoms with van der Waals surface area (Å²) in [4.78, 5) is 2.54. The third-order valence-corrected chi connectivity index (χ3v) is 6.63. The number of para-hydroxylation sites is 1. The SMILES string of the molecule is CC1=C[C@@H](C)[C@@]2([C]N(c3c(C(C)C)cccc3C(C)C)C(C)(C)C2)CC1.[Cl][Au]. The number of benzene rings is 1. The summed E-state index contributed by atoms with van der Waals surface area (Å²) in [6, 6.07) is 6.88. The van der Waals surface area contributed by atoms with Crippen LogP contribution in [0.3, 0.4) is 0 Å². The molecule has 3 rings (SSSR count). The normalized spacial score (nSPS) is 26.5. The van der Waals surface area contributed by atoms with E-state index in [9.17, 15) is 0 Å². The molecule has 0 unspecified atom stereocenters. The van der Waals surface area contributed by atoms with E-state index < -0.39 is 0 Å². The molecule has 160 valence electrons. The Labute approximate surface area is 190 Å². The van der Waals surface area contributed by atoms with Crippen molar-refractivity contribution in [3.05, 3.63) is 47.5 Å². The number of nitrogens with zero attached hydrogens (tertiary/aromatic N) is 1. The molecule has 0 amide bonds. The van der Waals surface area contributed by atoms with E-state index in [1.807, 2.05) is 0 Å². The second kappa shape index (κ2) is 9.29.